The summed E-state index contributed by atoms with van der Waals surface area (Å²) in [6.45, 7) is 15.1. The molecule has 5 nitrogen and oxygen atoms in total. The van der Waals surface area contributed by atoms with Crippen molar-refractivity contribution in [3.63, 3.8) is 0 Å². The van der Waals surface area contributed by atoms with Crippen molar-refractivity contribution in [2.75, 3.05) is 7.11 Å². The summed E-state index contributed by atoms with van der Waals surface area (Å²) in [6.07, 6.45) is 4.10. The number of ether oxygens (including phenoxy) is 1. The number of aryl methyl sites for hydroxylation is 2. The molecule has 3 aromatic carbocycles. The van der Waals surface area contributed by atoms with Crippen LogP contribution in [0, 0.1) is 19.3 Å². The zero-order chi connectivity index (χ0) is 30.3. The summed E-state index contributed by atoms with van der Waals surface area (Å²) in [6, 6.07) is 25.3. The van der Waals surface area contributed by atoms with Gasteiger partial charge in [0.15, 0.2) is 0 Å². The molecule has 1 N–H and O–H groups in total. The van der Waals surface area contributed by atoms with Gasteiger partial charge in [-0.1, -0.05) is 100 Å². The smallest absolute Gasteiger partial charge is 0.337 e. The van der Waals surface area contributed by atoms with E-state index in [9.17, 15) is 4.79 Å². The van der Waals surface area contributed by atoms with E-state index in [4.69, 9.17) is 9.72 Å². The molecule has 0 saturated heterocycles. The number of unbranched alkanes of at least 4 members (excludes halogenated alkanes) is 1. The van der Waals surface area contributed by atoms with Gasteiger partial charge in [0.05, 0.1) is 18.4 Å². The van der Waals surface area contributed by atoms with Gasteiger partial charge in [-0.2, -0.15) is 0 Å². The van der Waals surface area contributed by atoms with Crippen LogP contribution >= 0.6 is 0 Å². The normalized spacial score (nSPS) is 12.4. The SMILES string of the molecule is CCCCn1c(-c2ccccc2C)nc(-c2ccc(C)cc2)c1CC(CC(C)(C)C)NCc1ccc(C(=O)OC)cc1. The average Bonchev–Trinajstić information content (AvgIpc) is 3.31. The Balaban J connectivity index is 1.75. The minimum absolute atomic E-state index is 0.142. The summed E-state index contributed by atoms with van der Waals surface area (Å²) >= 11 is 0. The van der Waals surface area contributed by atoms with Gasteiger partial charge in [0.1, 0.15) is 5.82 Å². The van der Waals surface area contributed by atoms with Crippen LogP contribution in [0.25, 0.3) is 22.6 Å². The molecule has 1 unspecified atom stereocenters. The molecule has 42 heavy (non-hydrogen) atoms. The summed E-state index contributed by atoms with van der Waals surface area (Å²) in [5.74, 6) is 0.744. The first-order valence-electron chi connectivity index (χ1n) is 15.2. The maximum Gasteiger partial charge on any atom is 0.337 e. The second-order valence-electron chi connectivity index (χ2n) is 12.7. The van der Waals surface area contributed by atoms with Crippen molar-refractivity contribution in [3.8, 4) is 22.6 Å². The van der Waals surface area contributed by atoms with E-state index in [2.05, 4.69) is 100.0 Å². The van der Waals surface area contributed by atoms with Crippen LogP contribution in [0.15, 0.2) is 72.8 Å². The van der Waals surface area contributed by atoms with Gasteiger partial charge >= 0.3 is 5.97 Å². The molecule has 0 aliphatic carbocycles. The standard InChI is InChI=1S/C37H47N3O2/c1-8-9-22-40-33(23-31(24-37(4,5)6)38-25-28-16-20-30(21-17-28)36(41)42-7)34(29-18-14-26(2)15-19-29)39-35(40)32-13-11-10-12-27(32)3/h10-21,31,38H,8-9,22-25H2,1-7H3. The molecule has 222 valence electrons. The van der Waals surface area contributed by atoms with Gasteiger partial charge in [-0.15, -0.1) is 0 Å². The zero-order valence-corrected chi connectivity index (χ0v) is 26.5. The maximum absolute atomic E-state index is 11.9. The number of hydrogen-bond acceptors (Lipinski definition) is 4. The van der Waals surface area contributed by atoms with E-state index in [0.717, 1.165) is 61.4 Å². The van der Waals surface area contributed by atoms with Crippen molar-refractivity contribution >= 4 is 5.97 Å². The highest BCUT2D eigenvalue weighted by Crippen LogP contribution is 2.34. The highest BCUT2D eigenvalue weighted by Gasteiger charge is 2.26. The van der Waals surface area contributed by atoms with Crippen LogP contribution in [-0.2, 0) is 24.2 Å². The van der Waals surface area contributed by atoms with E-state index in [1.54, 1.807) is 0 Å². The lowest BCUT2D eigenvalue weighted by Crippen LogP contribution is -2.35. The van der Waals surface area contributed by atoms with E-state index in [1.165, 1.54) is 29.5 Å². The predicted molar refractivity (Wildman–Crippen MR) is 174 cm³/mol. The largest absolute Gasteiger partial charge is 0.465 e. The fourth-order valence-electron chi connectivity index (χ4n) is 5.55. The highest BCUT2D eigenvalue weighted by atomic mass is 16.5. The number of imidazole rings is 1. The minimum Gasteiger partial charge on any atom is -0.465 e. The van der Waals surface area contributed by atoms with E-state index in [-0.39, 0.29) is 17.4 Å². The number of methoxy groups -OCH3 is 1. The highest BCUT2D eigenvalue weighted by molar-refractivity contribution is 5.89. The van der Waals surface area contributed by atoms with Crippen molar-refractivity contribution in [1.82, 2.24) is 14.9 Å². The van der Waals surface area contributed by atoms with Crippen LogP contribution in [0.5, 0.6) is 0 Å². The Kier molecular flexibility index (Phi) is 10.4. The number of nitrogens with one attached hydrogen (secondary N) is 1. The third-order valence-corrected chi connectivity index (χ3v) is 7.79. The number of carbonyl (C=O) groups is 1. The third-order valence-electron chi connectivity index (χ3n) is 7.79. The van der Waals surface area contributed by atoms with Gasteiger partial charge < -0.3 is 14.6 Å². The number of nitrogens with zero attached hydrogens (tertiary/aromatic N) is 2. The Bertz CT molecular complexity index is 1460. The monoisotopic (exact) mass is 565 g/mol. The van der Waals surface area contributed by atoms with Crippen LogP contribution in [0.3, 0.4) is 0 Å². The number of rotatable bonds is 12. The van der Waals surface area contributed by atoms with Gasteiger partial charge in [0.25, 0.3) is 0 Å². The quantitative estimate of drug-likeness (QED) is 0.175. The third kappa shape index (κ3) is 7.98. The lowest BCUT2D eigenvalue weighted by Gasteiger charge is -2.28. The molecule has 0 radical (unpaired) electrons. The molecule has 0 bridgehead atoms. The van der Waals surface area contributed by atoms with E-state index < -0.39 is 0 Å². The number of esters is 1. The Hall–Kier alpha value is -3.70. The first-order valence-corrected chi connectivity index (χ1v) is 15.2. The zero-order valence-electron chi connectivity index (χ0n) is 26.5. The molecule has 0 aliphatic heterocycles. The predicted octanol–water partition coefficient (Wildman–Crippen LogP) is 8.56. The molecular weight excluding hydrogens is 518 g/mol. The van der Waals surface area contributed by atoms with Crippen molar-refractivity contribution in [2.45, 2.75) is 86.4 Å². The number of hydrogen-bond donors (Lipinski definition) is 1. The van der Waals surface area contributed by atoms with Gasteiger partial charge in [0.2, 0.25) is 0 Å². The average molecular weight is 566 g/mol. The van der Waals surface area contributed by atoms with Crippen molar-refractivity contribution in [2.24, 2.45) is 5.41 Å². The van der Waals surface area contributed by atoms with Gasteiger partial charge in [0, 0.05) is 42.4 Å². The molecule has 1 atom stereocenters. The second-order valence-corrected chi connectivity index (χ2v) is 12.7. The Morgan fingerprint density at radius 1 is 0.976 bits per heavy atom. The van der Waals surface area contributed by atoms with Gasteiger partial charge in [-0.05, 0) is 55.4 Å². The van der Waals surface area contributed by atoms with Crippen LogP contribution in [-0.4, -0.2) is 28.7 Å². The number of benzene rings is 3. The lowest BCUT2D eigenvalue weighted by atomic mass is 9.86. The molecule has 5 heteroatoms. The number of aromatic nitrogens is 2. The van der Waals surface area contributed by atoms with Crippen molar-refractivity contribution < 1.29 is 9.53 Å². The summed E-state index contributed by atoms with van der Waals surface area (Å²) < 4.78 is 7.36. The molecule has 0 saturated carbocycles. The molecule has 4 rings (SSSR count). The molecule has 0 amide bonds. The minimum atomic E-state index is -0.312. The second kappa shape index (κ2) is 14.0. The summed E-state index contributed by atoms with van der Waals surface area (Å²) in [4.78, 5) is 17.3. The molecular formula is C37H47N3O2. The molecule has 0 aliphatic rings. The number of carbonyl (C=O) groups excluding carboxylic acids is 1. The molecule has 1 heterocycles. The summed E-state index contributed by atoms with van der Waals surface area (Å²) in [7, 11) is 1.41. The van der Waals surface area contributed by atoms with E-state index >= 15 is 0 Å². The first-order chi connectivity index (χ1) is 20.1. The Labute approximate surface area is 252 Å². The van der Waals surface area contributed by atoms with Crippen molar-refractivity contribution in [1.29, 1.82) is 0 Å². The van der Waals surface area contributed by atoms with Gasteiger partial charge in [-0.3, -0.25) is 0 Å². The maximum atomic E-state index is 11.9. The summed E-state index contributed by atoms with van der Waals surface area (Å²) in [5, 5.41) is 3.88. The fourth-order valence-corrected chi connectivity index (χ4v) is 5.55. The van der Waals surface area contributed by atoms with E-state index in [1.807, 2.05) is 24.3 Å². The summed E-state index contributed by atoms with van der Waals surface area (Å²) in [5.41, 5.74) is 9.05. The lowest BCUT2D eigenvalue weighted by molar-refractivity contribution is 0.0600. The first kappa shape index (κ1) is 31.2. The molecule has 1 aromatic heterocycles. The topological polar surface area (TPSA) is 56.2 Å². The van der Waals surface area contributed by atoms with Crippen LogP contribution in [0.1, 0.15) is 79.7 Å². The van der Waals surface area contributed by atoms with Crippen LogP contribution < -0.4 is 5.32 Å². The Morgan fingerprint density at radius 3 is 2.29 bits per heavy atom. The molecule has 4 aromatic rings. The molecule has 0 spiro atoms. The molecule has 0 fully saturated rings. The fraction of sp³-hybridized carbons (Fsp3) is 0.405. The van der Waals surface area contributed by atoms with Crippen LogP contribution in [0.2, 0.25) is 0 Å². The van der Waals surface area contributed by atoms with Crippen LogP contribution in [0.4, 0.5) is 0 Å². The Morgan fingerprint density at radius 2 is 1.67 bits per heavy atom. The van der Waals surface area contributed by atoms with Gasteiger partial charge in [-0.25, -0.2) is 9.78 Å². The van der Waals surface area contributed by atoms with Crippen molar-refractivity contribution in [3.05, 3.63) is 101 Å². The van der Waals surface area contributed by atoms with E-state index in [0.29, 0.717) is 5.56 Å².